The highest BCUT2D eigenvalue weighted by atomic mass is 19.4. The highest BCUT2D eigenvalue weighted by molar-refractivity contribution is 5.61. The molecular formula is C19H17F3N4O5. The van der Waals surface area contributed by atoms with Crippen molar-refractivity contribution in [1.29, 1.82) is 0 Å². The van der Waals surface area contributed by atoms with Crippen molar-refractivity contribution >= 4 is 17.2 Å². The van der Waals surface area contributed by atoms with Crippen LogP contribution in [0, 0.1) is 10.1 Å². The summed E-state index contributed by atoms with van der Waals surface area (Å²) in [5, 5.41) is 21.7. The molecule has 0 spiro atoms. The summed E-state index contributed by atoms with van der Waals surface area (Å²) in [4.78, 5) is 28.5. The lowest BCUT2D eigenvalue weighted by molar-refractivity contribution is -0.385. The second kappa shape index (κ2) is 8.60. The summed E-state index contributed by atoms with van der Waals surface area (Å²) in [5.41, 5.74) is -2.26. The van der Waals surface area contributed by atoms with E-state index in [4.69, 9.17) is 4.74 Å². The van der Waals surface area contributed by atoms with Gasteiger partial charge in [0, 0.05) is 19.8 Å². The maximum absolute atomic E-state index is 12.6. The summed E-state index contributed by atoms with van der Waals surface area (Å²) in [6.07, 6.45) is -4.29. The highest BCUT2D eigenvalue weighted by Crippen LogP contribution is 2.30. The van der Waals surface area contributed by atoms with E-state index in [0.29, 0.717) is 0 Å². The molecule has 1 N–H and O–H groups in total. The maximum atomic E-state index is 12.6. The Morgan fingerprint density at radius 3 is 2.55 bits per heavy atom. The fraction of sp³-hybridized carbons (Fsp3) is 0.263. The number of likely N-dealkylation sites (N-methyl/N-ethyl adjacent to an activating group) is 1. The Kier molecular flexibility index (Phi) is 6.11. The molecule has 12 heteroatoms. The van der Waals surface area contributed by atoms with Crippen molar-refractivity contribution in [2.75, 3.05) is 25.1 Å². The standard InChI is InChI=1S/C19H17F3N4O5/c1-24(10-13(27)11-31-14-7-5-12(6-8-14)19(20,21)22)17-16(26(29)30)18(28)25-9-3-2-4-15(25)23-17/h2-9,13,27H,10-11H2,1H3. The molecule has 0 radical (unpaired) electrons. The molecule has 9 nitrogen and oxygen atoms in total. The average Bonchev–Trinajstić information content (AvgIpc) is 2.71. The first-order valence-corrected chi connectivity index (χ1v) is 8.93. The molecule has 0 saturated heterocycles. The van der Waals surface area contributed by atoms with Gasteiger partial charge in [-0.25, -0.2) is 4.98 Å². The van der Waals surface area contributed by atoms with Gasteiger partial charge in [-0.05, 0) is 36.4 Å². The lowest BCUT2D eigenvalue weighted by Crippen LogP contribution is -2.35. The van der Waals surface area contributed by atoms with Gasteiger partial charge in [-0.2, -0.15) is 13.2 Å². The predicted octanol–water partition coefficient (Wildman–Crippen LogP) is 2.50. The average molecular weight is 438 g/mol. The molecule has 0 aliphatic heterocycles. The van der Waals surface area contributed by atoms with Gasteiger partial charge >= 0.3 is 17.4 Å². The summed E-state index contributed by atoms with van der Waals surface area (Å²) >= 11 is 0. The minimum Gasteiger partial charge on any atom is -0.491 e. The molecule has 31 heavy (non-hydrogen) atoms. The number of halogens is 3. The number of pyridine rings is 1. The number of nitro groups is 1. The highest BCUT2D eigenvalue weighted by Gasteiger charge is 2.30. The minimum absolute atomic E-state index is 0.114. The number of anilines is 1. The van der Waals surface area contributed by atoms with Gasteiger partial charge in [-0.3, -0.25) is 19.3 Å². The van der Waals surface area contributed by atoms with Crippen LogP contribution in [-0.4, -0.2) is 45.7 Å². The molecule has 1 atom stereocenters. The number of hydrogen-bond acceptors (Lipinski definition) is 7. The summed E-state index contributed by atoms with van der Waals surface area (Å²) in [5.74, 6) is -0.113. The van der Waals surface area contributed by atoms with Crippen LogP contribution in [0.2, 0.25) is 0 Å². The molecule has 3 rings (SSSR count). The Bertz CT molecular complexity index is 1150. The van der Waals surface area contributed by atoms with E-state index in [1.165, 1.54) is 30.3 Å². The van der Waals surface area contributed by atoms with Crippen LogP contribution >= 0.6 is 0 Å². The zero-order chi connectivity index (χ0) is 22.8. The number of rotatable bonds is 7. The Morgan fingerprint density at radius 1 is 1.26 bits per heavy atom. The molecule has 0 fully saturated rings. The third kappa shape index (κ3) is 4.91. The van der Waals surface area contributed by atoms with Crippen molar-refractivity contribution in [1.82, 2.24) is 9.38 Å². The summed E-state index contributed by atoms with van der Waals surface area (Å²) in [6, 6.07) is 8.60. The number of alkyl halides is 3. The molecule has 0 bridgehead atoms. The first-order valence-electron chi connectivity index (χ1n) is 8.93. The van der Waals surface area contributed by atoms with Gasteiger partial charge in [0.15, 0.2) is 0 Å². The zero-order valence-corrected chi connectivity index (χ0v) is 16.1. The van der Waals surface area contributed by atoms with Crippen molar-refractivity contribution in [2.24, 2.45) is 0 Å². The fourth-order valence-corrected chi connectivity index (χ4v) is 2.88. The number of aromatic nitrogens is 2. The summed E-state index contributed by atoms with van der Waals surface area (Å²) in [7, 11) is 1.41. The smallest absolute Gasteiger partial charge is 0.416 e. The van der Waals surface area contributed by atoms with E-state index in [0.717, 1.165) is 28.7 Å². The number of aliphatic hydroxyl groups is 1. The van der Waals surface area contributed by atoms with Gasteiger partial charge in [-0.1, -0.05) is 6.07 Å². The van der Waals surface area contributed by atoms with Crippen LogP contribution in [-0.2, 0) is 6.18 Å². The van der Waals surface area contributed by atoms with E-state index in [1.807, 2.05) is 0 Å². The first kappa shape index (κ1) is 22.0. The van der Waals surface area contributed by atoms with Crippen LogP contribution in [0.15, 0.2) is 53.5 Å². The van der Waals surface area contributed by atoms with E-state index < -0.39 is 34.0 Å². The lowest BCUT2D eigenvalue weighted by Gasteiger charge is -2.22. The Labute approximate surface area is 173 Å². The largest absolute Gasteiger partial charge is 0.491 e. The number of aliphatic hydroxyl groups excluding tert-OH is 1. The van der Waals surface area contributed by atoms with Crippen LogP contribution < -0.4 is 15.2 Å². The zero-order valence-electron chi connectivity index (χ0n) is 16.1. The van der Waals surface area contributed by atoms with Gasteiger partial charge in [-0.15, -0.1) is 0 Å². The van der Waals surface area contributed by atoms with Crippen molar-refractivity contribution < 1.29 is 27.9 Å². The molecule has 2 heterocycles. The Balaban J connectivity index is 1.73. The first-order chi connectivity index (χ1) is 14.6. The molecule has 3 aromatic rings. The SMILES string of the molecule is CN(CC(O)COc1ccc(C(F)(F)F)cc1)c1nc2ccccn2c(=O)c1[N+](=O)[O-]. The predicted molar refractivity (Wildman–Crippen MR) is 104 cm³/mol. The van der Waals surface area contributed by atoms with Crippen LogP contribution in [0.1, 0.15) is 5.56 Å². The van der Waals surface area contributed by atoms with Crippen LogP contribution in [0.3, 0.4) is 0 Å². The molecule has 1 aromatic carbocycles. The minimum atomic E-state index is -4.47. The monoisotopic (exact) mass is 438 g/mol. The number of benzene rings is 1. The van der Waals surface area contributed by atoms with Crippen LogP contribution in [0.4, 0.5) is 24.7 Å². The molecule has 0 aliphatic carbocycles. The van der Waals surface area contributed by atoms with Crippen molar-refractivity contribution in [3.8, 4) is 5.75 Å². The van der Waals surface area contributed by atoms with Gasteiger partial charge in [0.2, 0.25) is 5.82 Å². The fourth-order valence-electron chi connectivity index (χ4n) is 2.88. The molecule has 1 unspecified atom stereocenters. The Hall–Kier alpha value is -3.67. The van der Waals surface area contributed by atoms with Crippen molar-refractivity contribution in [3.05, 3.63) is 74.7 Å². The van der Waals surface area contributed by atoms with Gasteiger partial charge < -0.3 is 14.7 Å². The number of fused-ring (bicyclic) bond motifs is 1. The molecular weight excluding hydrogens is 421 g/mol. The van der Waals surface area contributed by atoms with Gasteiger partial charge in [0.1, 0.15) is 24.1 Å². The lowest BCUT2D eigenvalue weighted by atomic mass is 10.2. The second-order valence-electron chi connectivity index (χ2n) is 6.64. The molecule has 164 valence electrons. The quantitative estimate of drug-likeness (QED) is 0.446. The normalized spacial score (nSPS) is 12.5. The molecule has 0 amide bonds. The number of hydrogen-bond donors (Lipinski definition) is 1. The van der Waals surface area contributed by atoms with Gasteiger partial charge in [0.05, 0.1) is 10.5 Å². The van der Waals surface area contributed by atoms with Gasteiger partial charge in [0.25, 0.3) is 0 Å². The number of nitrogens with zero attached hydrogens (tertiary/aromatic N) is 4. The van der Waals surface area contributed by atoms with E-state index in [2.05, 4.69) is 4.98 Å². The molecule has 0 aliphatic rings. The Morgan fingerprint density at radius 2 is 1.94 bits per heavy atom. The third-order valence-electron chi connectivity index (χ3n) is 4.34. The maximum Gasteiger partial charge on any atom is 0.416 e. The van der Waals surface area contributed by atoms with E-state index in [9.17, 15) is 33.2 Å². The third-order valence-corrected chi connectivity index (χ3v) is 4.34. The van der Waals surface area contributed by atoms with E-state index in [-0.39, 0.29) is 30.4 Å². The second-order valence-corrected chi connectivity index (χ2v) is 6.64. The van der Waals surface area contributed by atoms with E-state index >= 15 is 0 Å². The molecule has 2 aromatic heterocycles. The van der Waals surface area contributed by atoms with E-state index in [1.54, 1.807) is 6.07 Å². The summed E-state index contributed by atoms with van der Waals surface area (Å²) in [6.45, 7) is -0.479. The summed E-state index contributed by atoms with van der Waals surface area (Å²) < 4.78 is 44.1. The van der Waals surface area contributed by atoms with Crippen LogP contribution in [0.5, 0.6) is 5.75 Å². The number of ether oxygens (including phenoxy) is 1. The van der Waals surface area contributed by atoms with Crippen LogP contribution in [0.25, 0.3) is 5.65 Å². The van der Waals surface area contributed by atoms with Crippen molar-refractivity contribution in [2.45, 2.75) is 12.3 Å². The van der Waals surface area contributed by atoms with Crippen molar-refractivity contribution in [3.63, 3.8) is 0 Å². The molecule has 0 saturated carbocycles. The topological polar surface area (TPSA) is 110 Å².